The third-order valence-corrected chi connectivity index (χ3v) is 4.91. The molecule has 0 atom stereocenters. The summed E-state index contributed by atoms with van der Waals surface area (Å²) in [7, 11) is 0. The predicted molar refractivity (Wildman–Crippen MR) is 108 cm³/mol. The number of aromatic carboxylic acids is 2. The number of carboxylic acid groups (broad SMARTS) is 2. The molecule has 30 heavy (non-hydrogen) atoms. The largest absolute Gasteiger partial charge is 0.507 e. The minimum absolute atomic E-state index is 0.0571. The lowest BCUT2D eigenvalue weighted by Crippen LogP contribution is -2.07. The average molecular weight is 405 g/mol. The number of carbonyl (C=O) groups is 2. The first-order chi connectivity index (χ1) is 14.3. The van der Waals surface area contributed by atoms with Crippen molar-refractivity contribution in [1.29, 1.82) is 0 Å². The van der Waals surface area contributed by atoms with Crippen LogP contribution in [0.4, 0.5) is 0 Å². The summed E-state index contributed by atoms with van der Waals surface area (Å²) in [6.45, 7) is -0.0571. The summed E-state index contributed by atoms with van der Waals surface area (Å²) in [5.74, 6) is -2.48. The highest BCUT2D eigenvalue weighted by molar-refractivity contribution is 6.09. The lowest BCUT2D eigenvalue weighted by atomic mass is 9.89. The van der Waals surface area contributed by atoms with Crippen molar-refractivity contribution >= 4 is 22.9 Å². The van der Waals surface area contributed by atoms with Crippen LogP contribution in [0.25, 0.3) is 33.4 Å². The van der Waals surface area contributed by atoms with E-state index in [0.717, 1.165) is 6.07 Å². The molecule has 1 aliphatic carbocycles. The molecule has 5 N–H and O–H groups in total. The summed E-state index contributed by atoms with van der Waals surface area (Å²) in [6, 6.07) is 10.9. The Balaban J connectivity index is 2.22. The van der Waals surface area contributed by atoms with Crippen LogP contribution in [0.1, 0.15) is 26.3 Å². The first-order valence-electron chi connectivity index (χ1n) is 8.84. The summed E-state index contributed by atoms with van der Waals surface area (Å²) in [6.07, 6.45) is 0. The Morgan fingerprint density at radius 3 is 2.33 bits per heavy atom. The Kier molecular flexibility index (Phi) is 4.48. The van der Waals surface area contributed by atoms with Crippen LogP contribution in [0.3, 0.4) is 0 Å². The van der Waals surface area contributed by atoms with Gasteiger partial charge >= 0.3 is 11.9 Å². The normalized spacial score (nSPS) is 11.1. The van der Waals surface area contributed by atoms with Crippen molar-refractivity contribution in [2.75, 3.05) is 0 Å². The molecule has 0 amide bonds. The summed E-state index contributed by atoms with van der Waals surface area (Å²) >= 11 is 0. The smallest absolute Gasteiger partial charge is 0.336 e. The Labute approximate surface area is 168 Å². The Hall–Kier alpha value is -4.17. The average Bonchev–Trinajstić information content (AvgIpc) is 2.71. The molecule has 0 bridgehead atoms. The summed E-state index contributed by atoms with van der Waals surface area (Å²) in [4.78, 5) is 35.2. The van der Waals surface area contributed by atoms with Crippen LogP contribution >= 0.6 is 0 Å². The van der Waals surface area contributed by atoms with E-state index in [2.05, 4.69) is 0 Å². The Bertz CT molecular complexity index is 1370. The number of phenols is 1. The van der Waals surface area contributed by atoms with Gasteiger partial charge in [-0.2, -0.15) is 0 Å². The van der Waals surface area contributed by atoms with Gasteiger partial charge in [-0.3, -0.25) is 4.79 Å². The third kappa shape index (κ3) is 2.96. The number of fused-ring (bicyclic) bond motifs is 2. The fourth-order valence-corrected chi connectivity index (χ4v) is 3.54. The highest BCUT2D eigenvalue weighted by Gasteiger charge is 2.24. The molecule has 2 aromatic carbocycles. The second kappa shape index (κ2) is 7.02. The number of carboxylic acids is 2. The number of rotatable bonds is 4. The summed E-state index contributed by atoms with van der Waals surface area (Å²) < 4.78 is 5.87. The Morgan fingerprint density at radius 2 is 1.67 bits per heavy atom. The van der Waals surface area contributed by atoms with Gasteiger partial charge in [0.15, 0.2) is 5.43 Å². The van der Waals surface area contributed by atoms with Crippen molar-refractivity contribution in [1.82, 2.24) is 0 Å². The van der Waals surface area contributed by atoms with E-state index >= 15 is 0 Å². The van der Waals surface area contributed by atoms with Crippen molar-refractivity contribution in [2.24, 2.45) is 5.73 Å². The fourth-order valence-electron chi connectivity index (χ4n) is 3.54. The van der Waals surface area contributed by atoms with Crippen molar-refractivity contribution in [3.63, 3.8) is 0 Å². The number of hydrogen-bond acceptors (Lipinski definition) is 6. The van der Waals surface area contributed by atoms with Crippen LogP contribution < -0.4 is 11.2 Å². The van der Waals surface area contributed by atoms with Crippen LogP contribution in [-0.2, 0) is 6.54 Å². The SMILES string of the molecule is NCc1c(O)ccc2c(-c3ccc(C(=O)O)cc3C(=O)O)c3ccc(=O)cc-3oc12. The molecule has 8 heteroatoms. The van der Waals surface area contributed by atoms with E-state index in [1.54, 1.807) is 6.07 Å². The molecule has 0 radical (unpaired) electrons. The molecule has 1 heterocycles. The Morgan fingerprint density at radius 1 is 0.933 bits per heavy atom. The van der Waals surface area contributed by atoms with Gasteiger partial charge in [0, 0.05) is 29.1 Å². The van der Waals surface area contributed by atoms with Crippen molar-refractivity contribution in [3.8, 4) is 28.2 Å². The predicted octanol–water partition coefficient (Wildman–Crippen LogP) is 3.13. The van der Waals surface area contributed by atoms with Gasteiger partial charge in [-0.1, -0.05) is 6.07 Å². The maximum Gasteiger partial charge on any atom is 0.336 e. The molecule has 0 fully saturated rings. The maximum atomic E-state index is 11.9. The van der Waals surface area contributed by atoms with Gasteiger partial charge in [0.25, 0.3) is 0 Å². The zero-order chi connectivity index (χ0) is 21.6. The molecule has 2 aromatic rings. The van der Waals surface area contributed by atoms with E-state index in [0.29, 0.717) is 22.1 Å². The van der Waals surface area contributed by atoms with E-state index in [4.69, 9.17) is 10.2 Å². The molecule has 0 saturated carbocycles. The molecule has 0 unspecified atom stereocenters. The van der Waals surface area contributed by atoms with E-state index in [-0.39, 0.29) is 45.8 Å². The highest BCUT2D eigenvalue weighted by Crippen LogP contribution is 2.43. The molecule has 0 saturated heterocycles. The minimum Gasteiger partial charge on any atom is -0.507 e. The van der Waals surface area contributed by atoms with E-state index in [9.17, 15) is 29.7 Å². The van der Waals surface area contributed by atoms with Crippen molar-refractivity contribution in [3.05, 3.63) is 75.4 Å². The van der Waals surface area contributed by atoms with Crippen LogP contribution in [-0.4, -0.2) is 27.3 Å². The number of phenolic OH excluding ortho intramolecular Hbond substituents is 1. The lowest BCUT2D eigenvalue weighted by Gasteiger charge is -2.18. The fraction of sp³-hybridized carbons (Fsp3) is 0.0455. The van der Waals surface area contributed by atoms with Crippen LogP contribution in [0.15, 0.2) is 57.7 Å². The number of hydrogen-bond donors (Lipinski definition) is 4. The van der Waals surface area contributed by atoms with E-state index < -0.39 is 11.9 Å². The van der Waals surface area contributed by atoms with Gasteiger partial charge in [-0.15, -0.1) is 0 Å². The minimum atomic E-state index is -1.31. The van der Waals surface area contributed by atoms with Crippen LogP contribution in [0.5, 0.6) is 5.75 Å². The molecule has 0 spiro atoms. The summed E-state index contributed by atoms with van der Waals surface area (Å²) in [5.41, 5.74) is 6.69. The lowest BCUT2D eigenvalue weighted by molar-refractivity contribution is 0.0696. The molecule has 4 rings (SSSR count). The molecular formula is C22H15NO7. The first kappa shape index (κ1) is 19.2. The molecule has 2 aliphatic rings. The third-order valence-electron chi connectivity index (χ3n) is 4.91. The quantitative estimate of drug-likeness (QED) is 0.378. The maximum absolute atomic E-state index is 11.9. The zero-order valence-electron chi connectivity index (χ0n) is 15.4. The van der Waals surface area contributed by atoms with Crippen LogP contribution in [0, 0.1) is 0 Å². The van der Waals surface area contributed by atoms with Crippen molar-refractivity contribution < 1.29 is 29.3 Å². The monoisotopic (exact) mass is 405 g/mol. The van der Waals surface area contributed by atoms with Gasteiger partial charge in [0.2, 0.25) is 0 Å². The zero-order valence-corrected chi connectivity index (χ0v) is 15.4. The second-order valence-electron chi connectivity index (χ2n) is 6.65. The summed E-state index contributed by atoms with van der Waals surface area (Å²) in [5, 5.41) is 29.6. The van der Waals surface area contributed by atoms with Crippen molar-refractivity contribution in [2.45, 2.75) is 6.54 Å². The van der Waals surface area contributed by atoms with Gasteiger partial charge in [-0.05, 0) is 42.0 Å². The number of aromatic hydroxyl groups is 1. The molecule has 150 valence electrons. The molecule has 0 aromatic heterocycles. The topological polar surface area (TPSA) is 151 Å². The highest BCUT2D eigenvalue weighted by atomic mass is 16.4. The molecule has 8 nitrogen and oxygen atoms in total. The second-order valence-corrected chi connectivity index (χ2v) is 6.65. The van der Waals surface area contributed by atoms with Gasteiger partial charge in [0.1, 0.15) is 17.1 Å². The molecule has 1 aliphatic heterocycles. The number of nitrogens with two attached hydrogens (primary N) is 1. The van der Waals surface area contributed by atoms with E-state index in [1.165, 1.54) is 36.4 Å². The van der Waals surface area contributed by atoms with Gasteiger partial charge in [0.05, 0.1) is 16.7 Å². The van der Waals surface area contributed by atoms with E-state index in [1.807, 2.05) is 0 Å². The molecular weight excluding hydrogens is 390 g/mol. The standard InChI is InChI=1S/C22H15NO7/c23-9-16-17(25)6-5-14-19(13-4-2-11(24)8-18(13)30-20(14)16)12-3-1-10(21(26)27)7-15(12)22(28)29/h1-8,25H,9,23H2,(H,26,27)(H,28,29). The van der Waals surface area contributed by atoms with Gasteiger partial charge in [-0.25, -0.2) is 9.59 Å². The number of benzene rings is 3. The van der Waals surface area contributed by atoms with Gasteiger partial charge < -0.3 is 25.5 Å². The first-order valence-corrected chi connectivity index (χ1v) is 8.84. The van der Waals surface area contributed by atoms with Crippen LogP contribution in [0.2, 0.25) is 0 Å².